The lowest BCUT2D eigenvalue weighted by Gasteiger charge is -2.15. The van der Waals surface area contributed by atoms with Gasteiger partial charge in [-0.3, -0.25) is 0 Å². The van der Waals surface area contributed by atoms with Crippen LogP contribution >= 0.6 is 15.9 Å². The Hall–Kier alpha value is -0.340. The average Bonchev–Trinajstić information content (AvgIpc) is 2.55. The molecule has 3 saturated heterocycles. The number of quaternary nitrogens is 1. The second kappa shape index (κ2) is 2.67. The molecule has 1 nitrogen and oxygen atoms in total. The van der Waals surface area contributed by atoms with Crippen LogP contribution in [0, 0.1) is 5.92 Å². The standard InChI is InChI=1S/C13H15BrN/c14-12-10-6-11-13(12)15(11,8-10)7-9-4-2-1-3-5-9/h1-5,10-13H,6-8H2/q+1. The number of hydrogen-bond acceptors (Lipinski definition) is 0. The highest BCUT2D eigenvalue weighted by atomic mass is 79.9. The van der Waals surface area contributed by atoms with Crippen molar-refractivity contribution in [3.63, 3.8) is 0 Å². The van der Waals surface area contributed by atoms with Crippen molar-refractivity contribution < 1.29 is 4.48 Å². The summed E-state index contributed by atoms with van der Waals surface area (Å²) < 4.78 is 1.41. The Morgan fingerprint density at radius 3 is 2.60 bits per heavy atom. The van der Waals surface area contributed by atoms with Crippen molar-refractivity contribution >= 4 is 15.9 Å². The van der Waals surface area contributed by atoms with Crippen LogP contribution in [0.25, 0.3) is 0 Å². The lowest BCUT2D eigenvalue weighted by molar-refractivity contribution is -0.823. The van der Waals surface area contributed by atoms with Gasteiger partial charge in [-0.15, -0.1) is 0 Å². The van der Waals surface area contributed by atoms with Crippen LogP contribution in [0.4, 0.5) is 0 Å². The van der Waals surface area contributed by atoms with Crippen LogP contribution in [0.5, 0.6) is 0 Å². The zero-order chi connectivity index (χ0) is 10.0. The smallest absolute Gasteiger partial charge is 0.155 e. The first-order valence-electron chi connectivity index (χ1n) is 5.86. The Balaban J connectivity index is 1.63. The summed E-state index contributed by atoms with van der Waals surface area (Å²) in [6, 6.07) is 13.0. The minimum absolute atomic E-state index is 0.825. The molecule has 4 aliphatic rings. The van der Waals surface area contributed by atoms with Crippen molar-refractivity contribution in [3.8, 4) is 0 Å². The van der Waals surface area contributed by atoms with Crippen LogP contribution in [-0.2, 0) is 6.54 Å². The van der Waals surface area contributed by atoms with Crippen molar-refractivity contribution in [2.45, 2.75) is 29.9 Å². The molecular weight excluding hydrogens is 250 g/mol. The second-order valence-corrected chi connectivity index (χ2v) is 6.48. The first-order valence-corrected chi connectivity index (χ1v) is 6.77. The van der Waals surface area contributed by atoms with E-state index in [0.717, 1.165) is 22.8 Å². The molecule has 0 aromatic heterocycles. The molecule has 1 saturated carbocycles. The number of benzene rings is 1. The summed E-state index contributed by atoms with van der Waals surface area (Å²) in [5, 5.41) is 0. The van der Waals surface area contributed by atoms with Gasteiger partial charge in [-0.1, -0.05) is 46.3 Å². The molecule has 0 spiro atoms. The van der Waals surface area contributed by atoms with Gasteiger partial charge in [0.15, 0.2) is 6.04 Å². The third kappa shape index (κ3) is 0.974. The maximum absolute atomic E-state index is 3.89. The quantitative estimate of drug-likeness (QED) is 0.438. The fourth-order valence-electron chi connectivity index (χ4n) is 4.18. The average molecular weight is 265 g/mol. The number of alkyl halides is 1. The van der Waals surface area contributed by atoms with Crippen LogP contribution in [0.3, 0.4) is 0 Å². The number of halogens is 1. The maximum atomic E-state index is 3.89. The molecule has 1 aromatic rings. The predicted molar refractivity (Wildman–Crippen MR) is 63.7 cm³/mol. The highest BCUT2D eigenvalue weighted by Gasteiger charge is 2.81. The van der Waals surface area contributed by atoms with E-state index < -0.39 is 0 Å². The monoisotopic (exact) mass is 264 g/mol. The molecule has 3 heterocycles. The van der Waals surface area contributed by atoms with Crippen LogP contribution < -0.4 is 0 Å². The third-order valence-corrected chi connectivity index (χ3v) is 6.06. The van der Waals surface area contributed by atoms with Crippen LogP contribution in [0.1, 0.15) is 12.0 Å². The van der Waals surface area contributed by atoms with Gasteiger partial charge >= 0.3 is 0 Å². The van der Waals surface area contributed by atoms with Crippen molar-refractivity contribution in [1.29, 1.82) is 0 Å². The van der Waals surface area contributed by atoms with Gasteiger partial charge in [0.05, 0.1) is 11.4 Å². The third-order valence-electron chi connectivity index (χ3n) is 4.77. The summed E-state index contributed by atoms with van der Waals surface area (Å²) in [5.74, 6) is 0.976. The highest BCUT2D eigenvalue weighted by molar-refractivity contribution is 9.09. The lowest BCUT2D eigenvalue weighted by Crippen LogP contribution is -2.25. The van der Waals surface area contributed by atoms with E-state index in [1.807, 2.05) is 0 Å². The first kappa shape index (κ1) is 8.77. The Morgan fingerprint density at radius 2 is 2.07 bits per heavy atom. The molecule has 5 unspecified atom stereocenters. The van der Waals surface area contributed by atoms with Gasteiger partial charge in [-0.05, 0) is 0 Å². The Bertz CT molecular complexity index is 404. The number of piperidine rings is 3. The van der Waals surface area contributed by atoms with Gasteiger partial charge in [-0.25, -0.2) is 0 Å². The van der Waals surface area contributed by atoms with Crippen LogP contribution in [0.15, 0.2) is 30.3 Å². The van der Waals surface area contributed by atoms with Gasteiger partial charge in [0, 0.05) is 17.9 Å². The molecule has 78 valence electrons. The van der Waals surface area contributed by atoms with Gasteiger partial charge in [0.1, 0.15) is 12.6 Å². The molecule has 3 aliphatic heterocycles. The molecule has 4 fully saturated rings. The summed E-state index contributed by atoms with van der Waals surface area (Å²) in [5.41, 5.74) is 1.52. The second-order valence-electron chi connectivity index (χ2n) is 5.43. The molecule has 0 amide bonds. The summed E-state index contributed by atoms with van der Waals surface area (Å²) in [7, 11) is 0. The first-order chi connectivity index (χ1) is 7.31. The number of hydrogen-bond donors (Lipinski definition) is 0. The van der Waals surface area contributed by atoms with Gasteiger partial charge in [0.2, 0.25) is 0 Å². The molecule has 0 radical (unpaired) electrons. The molecule has 1 aromatic carbocycles. The lowest BCUT2D eigenvalue weighted by atomic mass is 10.1. The summed E-state index contributed by atoms with van der Waals surface area (Å²) in [6.07, 6.45) is 1.48. The van der Waals surface area contributed by atoms with Gasteiger partial charge in [-0.2, -0.15) is 0 Å². The van der Waals surface area contributed by atoms with Crippen molar-refractivity contribution in [2.75, 3.05) is 6.54 Å². The van der Waals surface area contributed by atoms with Gasteiger partial charge < -0.3 is 4.48 Å². The molecule has 2 heteroatoms. The van der Waals surface area contributed by atoms with E-state index in [1.165, 1.54) is 29.6 Å². The van der Waals surface area contributed by atoms with E-state index in [9.17, 15) is 0 Å². The van der Waals surface area contributed by atoms with E-state index in [0.29, 0.717) is 0 Å². The van der Waals surface area contributed by atoms with Crippen molar-refractivity contribution in [3.05, 3.63) is 35.9 Å². The van der Waals surface area contributed by atoms with Crippen molar-refractivity contribution in [2.24, 2.45) is 5.92 Å². The minimum Gasteiger partial charge on any atom is -0.304 e. The van der Waals surface area contributed by atoms with E-state index in [4.69, 9.17) is 0 Å². The molecule has 4 bridgehead atoms. The maximum Gasteiger partial charge on any atom is 0.155 e. The van der Waals surface area contributed by atoms with E-state index in [2.05, 4.69) is 46.3 Å². The zero-order valence-corrected chi connectivity index (χ0v) is 10.2. The Morgan fingerprint density at radius 1 is 1.27 bits per heavy atom. The van der Waals surface area contributed by atoms with Crippen molar-refractivity contribution in [1.82, 2.24) is 0 Å². The number of nitrogens with zero attached hydrogens (tertiary/aromatic N) is 1. The summed E-state index contributed by atoms with van der Waals surface area (Å²) in [4.78, 5) is 0.825. The summed E-state index contributed by atoms with van der Waals surface area (Å²) >= 11 is 3.89. The summed E-state index contributed by atoms with van der Waals surface area (Å²) in [6.45, 7) is 2.70. The normalized spacial score (nSPS) is 49.7. The topological polar surface area (TPSA) is 0 Å². The largest absolute Gasteiger partial charge is 0.304 e. The van der Waals surface area contributed by atoms with Crippen LogP contribution in [0.2, 0.25) is 0 Å². The zero-order valence-electron chi connectivity index (χ0n) is 8.64. The fraction of sp³-hybridized carbons (Fsp3) is 0.538. The molecule has 15 heavy (non-hydrogen) atoms. The molecule has 5 rings (SSSR count). The SMILES string of the molecule is BrC1C2CC3C1[N+]3(Cc1ccccc1)C2. The molecule has 1 aliphatic carbocycles. The molecular formula is C13H15BrN+. The number of rotatable bonds is 2. The Kier molecular flexibility index (Phi) is 1.56. The van der Waals surface area contributed by atoms with E-state index >= 15 is 0 Å². The molecule has 5 atom stereocenters. The minimum atomic E-state index is 0.825. The van der Waals surface area contributed by atoms with Crippen LogP contribution in [-0.4, -0.2) is 27.9 Å². The van der Waals surface area contributed by atoms with Gasteiger partial charge in [0.25, 0.3) is 0 Å². The highest BCUT2D eigenvalue weighted by Crippen LogP contribution is 2.64. The Labute approximate surface area is 98.8 Å². The fourth-order valence-corrected chi connectivity index (χ4v) is 5.39. The molecule has 0 N–H and O–H groups in total. The van der Waals surface area contributed by atoms with E-state index in [-0.39, 0.29) is 0 Å². The predicted octanol–water partition coefficient (Wildman–Crippen LogP) is 2.55. The van der Waals surface area contributed by atoms with E-state index in [1.54, 1.807) is 0 Å².